The number of rotatable bonds is 31. The minimum atomic E-state index is -1.10. The number of carbonyl (C=O) groups excluding carboxylic acids is 1. The van der Waals surface area contributed by atoms with Gasteiger partial charge in [0.25, 0.3) is 0 Å². The lowest BCUT2D eigenvalue weighted by molar-refractivity contribution is -0.131. The van der Waals surface area contributed by atoms with Gasteiger partial charge in [0.1, 0.15) is 6.10 Å². The standard InChI is InChI=1S/C36H69NO4/c1-3-5-7-9-11-13-15-17-18-19-21-22-24-26-28-30-34(39)33(32-38)37-36(41)35(40)31-29-27-25-23-20-16-14-12-10-8-6-4-2/h21-22,28,30,33-35,38-40H,3-20,23-27,29,31-32H2,1-2H3,(H,37,41)/b22-21+,30-28+. The molecule has 0 spiro atoms. The zero-order valence-corrected chi connectivity index (χ0v) is 27.2. The number of allylic oxidation sites excluding steroid dienone is 3. The molecule has 5 heteroatoms. The molecule has 0 radical (unpaired) electrons. The topological polar surface area (TPSA) is 89.8 Å². The first-order valence-electron chi connectivity index (χ1n) is 17.7. The summed E-state index contributed by atoms with van der Waals surface area (Å²) < 4.78 is 0. The Morgan fingerprint density at radius 1 is 0.585 bits per heavy atom. The quantitative estimate of drug-likeness (QED) is 0.0487. The number of aliphatic hydroxyl groups excluding tert-OH is 3. The van der Waals surface area contributed by atoms with Gasteiger partial charge in [-0.25, -0.2) is 0 Å². The lowest BCUT2D eigenvalue weighted by Gasteiger charge is -2.21. The Morgan fingerprint density at radius 2 is 1.00 bits per heavy atom. The molecule has 0 aliphatic heterocycles. The Bertz CT molecular complexity index is 606. The Hall–Kier alpha value is -1.17. The lowest BCUT2D eigenvalue weighted by Crippen LogP contribution is -2.48. The first-order valence-corrected chi connectivity index (χ1v) is 17.7. The van der Waals surface area contributed by atoms with Crippen molar-refractivity contribution in [2.75, 3.05) is 6.61 Å². The van der Waals surface area contributed by atoms with Crippen molar-refractivity contribution in [1.82, 2.24) is 5.32 Å². The Kier molecular flexibility index (Phi) is 30.9. The second kappa shape index (κ2) is 31.8. The van der Waals surface area contributed by atoms with Crippen LogP contribution in [0.1, 0.15) is 174 Å². The Labute approximate surface area is 254 Å². The summed E-state index contributed by atoms with van der Waals surface area (Å²) in [6.07, 6.45) is 36.2. The van der Waals surface area contributed by atoms with Crippen molar-refractivity contribution in [2.24, 2.45) is 0 Å². The van der Waals surface area contributed by atoms with E-state index in [1.165, 1.54) is 116 Å². The van der Waals surface area contributed by atoms with Gasteiger partial charge >= 0.3 is 0 Å². The molecule has 0 aliphatic carbocycles. The predicted molar refractivity (Wildman–Crippen MR) is 176 cm³/mol. The molecule has 0 fully saturated rings. The number of aliphatic hydroxyl groups is 3. The van der Waals surface area contributed by atoms with Crippen molar-refractivity contribution in [2.45, 2.75) is 193 Å². The second-order valence-electron chi connectivity index (χ2n) is 12.1. The zero-order chi connectivity index (χ0) is 30.2. The molecule has 41 heavy (non-hydrogen) atoms. The highest BCUT2D eigenvalue weighted by molar-refractivity contribution is 5.80. The van der Waals surface area contributed by atoms with Gasteiger partial charge in [-0.3, -0.25) is 4.79 Å². The molecule has 1 amide bonds. The number of amides is 1. The molecular weight excluding hydrogens is 510 g/mol. The number of unbranched alkanes of at least 4 members (excludes halogenated alkanes) is 21. The van der Waals surface area contributed by atoms with Gasteiger partial charge in [-0.2, -0.15) is 0 Å². The Balaban J connectivity index is 3.82. The van der Waals surface area contributed by atoms with E-state index in [2.05, 4.69) is 31.3 Å². The third kappa shape index (κ3) is 27.4. The van der Waals surface area contributed by atoms with E-state index in [9.17, 15) is 20.1 Å². The summed E-state index contributed by atoms with van der Waals surface area (Å²) in [4.78, 5) is 12.3. The van der Waals surface area contributed by atoms with Crippen LogP contribution in [0.25, 0.3) is 0 Å². The molecular formula is C36H69NO4. The molecule has 3 unspecified atom stereocenters. The number of carbonyl (C=O) groups is 1. The van der Waals surface area contributed by atoms with Crippen LogP contribution in [0, 0.1) is 0 Å². The molecule has 0 heterocycles. The predicted octanol–water partition coefficient (Wildman–Crippen LogP) is 9.09. The Morgan fingerprint density at radius 3 is 1.49 bits per heavy atom. The maximum atomic E-state index is 12.3. The van der Waals surface area contributed by atoms with Crippen LogP contribution in [0.2, 0.25) is 0 Å². The summed E-state index contributed by atoms with van der Waals surface area (Å²) in [6, 6.07) is -0.808. The van der Waals surface area contributed by atoms with Crippen LogP contribution in [-0.4, -0.2) is 46.1 Å². The average molecular weight is 580 g/mol. The molecule has 3 atom stereocenters. The summed E-state index contributed by atoms with van der Waals surface area (Å²) in [5, 5.41) is 32.8. The fourth-order valence-corrected chi connectivity index (χ4v) is 5.20. The summed E-state index contributed by atoms with van der Waals surface area (Å²) in [5.74, 6) is -0.515. The molecule has 0 saturated carbocycles. The number of hydrogen-bond acceptors (Lipinski definition) is 4. The molecule has 0 saturated heterocycles. The third-order valence-corrected chi connectivity index (χ3v) is 8.04. The smallest absolute Gasteiger partial charge is 0.249 e. The van der Waals surface area contributed by atoms with Crippen LogP contribution in [0.15, 0.2) is 24.3 Å². The van der Waals surface area contributed by atoms with Gasteiger partial charge in [-0.15, -0.1) is 0 Å². The molecule has 5 nitrogen and oxygen atoms in total. The molecule has 0 aliphatic rings. The van der Waals surface area contributed by atoms with Gasteiger partial charge in [-0.05, 0) is 32.1 Å². The van der Waals surface area contributed by atoms with Gasteiger partial charge in [0.05, 0.1) is 18.8 Å². The summed E-state index contributed by atoms with van der Waals surface area (Å²) in [7, 11) is 0. The molecule has 4 N–H and O–H groups in total. The van der Waals surface area contributed by atoms with Crippen LogP contribution in [-0.2, 0) is 4.79 Å². The molecule has 0 aromatic rings. The van der Waals surface area contributed by atoms with Crippen LogP contribution >= 0.6 is 0 Å². The second-order valence-corrected chi connectivity index (χ2v) is 12.1. The van der Waals surface area contributed by atoms with Crippen molar-refractivity contribution in [3.8, 4) is 0 Å². The normalized spacial score (nSPS) is 14.2. The molecule has 0 aromatic carbocycles. The highest BCUT2D eigenvalue weighted by atomic mass is 16.3. The largest absolute Gasteiger partial charge is 0.394 e. The maximum Gasteiger partial charge on any atom is 0.249 e. The van der Waals surface area contributed by atoms with Crippen molar-refractivity contribution in [3.05, 3.63) is 24.3 Å². The van der Waals surface area contributed by atoms with E-state index in [0.29, 0.717) is 6.42 Å². The van der Waals surface area contributed by atoms with Gasteiger partial charge in [0.15, 0.2) is 0 Å². The van der Waals surface area contributed by atoms with E-state index in [1.807, 2.05) is 6.08 Å². The first-order chi connectivity index (χ1) is 20.1. The van der Waals surface area contributed by atoms with Gasteiger partial charge in [0.2, 0.25) is 5.91 Å². The molecule has 0 bridgehead atoms. The van der Waals surface area contributed by atoms with Crippen LogP contribution in [0.4, 0.5) is 0 Å². The molecule has 0 aromatic heterocycles. The lowest BCUT2D eigenvalue weighted by atomic mass is 10.0. The van der Waals surface area contributed by atoms with Crippen molar-refractivity contribution in [3.63, 3.8) is 0 Å². The number of hydrogen-bond donors (Lipinski definition) is 4. The fraction of sp³-hybridized carbons (Fsp3) is 0.861. The third-order valence-electron chi connectivity index (χ3n) is 8.04. The van der Waals surface area contributed by atoms with Crippen LogP contribution in [0.3, 0.4) is 0 Å². The van der Waals surface area contributed by atoms with E-state index < -0.39 is 24.2 Å². The van der Waals surface area contributed by atoms with Gasteiger partial charge < -0.3 is 20.6 Å². The SMILES string of the molecule is CCCCCCCCCCC/C=C/CC/C=C/C(O)C(CO)NC(=O)C(O)CCCCCCCCCCCCCC. The minimum Gasteiger partial charge on any atom is -0.394 e. The minimum absolute atomic E-state index is 0.374. The van der Waals surface area contributed by atoms with Crippen molar-refractivity contribution >= 4 is 5.91 Å². The fourth-order valence-electron chi connectivity index (χ4n) is 5.20. The van der Waals surface area contributed by atoms with Crippen molar-refractivity contribution in [1.29, 1.82) is 0 Å². The number of nitrogens with one attached hydrogen (secondary N) is 1. The summed E-state index contributed by atoms with van der Waals surface area (Å²) in [6.45, 7) is 4.14. The molecule has 242 valence electrons. The average Bonchev–Trinajstić information content (AvgIpc) is 2.98. The van der Waals surface area contributed by atoms with Crippen LogP contribution in [0.5, 0.6) is 0 Å². The van der Waals surface area contributed by atoms with Crippen LogP contribution < -0.4 is 5.32 Å². The highest BCUT2D eigenvalue weighted by Crippen LogP contribution is 2.14. The van der Waals surface area contributed by atoms with E-state index >= 15 is 0 Å². The maximum absolute atomic E-state index is 12.3. The van der Waals surface area contributed by atoms with Crippen molar-refractivity contribution < 1.29 is 20.1 Å². The van der Waals surface area contributed by atoms with Gasteiger partial charge in [0, 0.05) is 0 Å². The molecule has 0 rings (SSSR count). The highest BCUT2D eigenvalue weighted by Gasteiger charge is 2.22. The van der Waals surface area contributed by atoms with E-state index in [4.69, 9.17) is 0 Å². The first kappa shape index (κ1) is 39.8. The monoisotopic (exact) mass is 580 g/mol. The van der Waals surface area contributed by atoms with E-state index in [-0.39, 0.29) is 6.61 Å². The summed E-state index contributed by atoms with van der Waals surface area (Å²) in [5.41, 5.74) is 0. The zero-order valence-electron chi connectivity index (χ0n) is 27.2. The van der Waals surface area contributed by atoms with E-state index in [0.717, 1.165) is 38.5 Å². The van der Waals surface area contributed by atoms with Gasteiger partial charge in [-0.1, -0.05) is 167 Å². The summed E-state index contributed by atoms with van der Waals surface area (Å²) >= 11 is 0. The van der Waals surface area contributed by atoms with E-state index in [1.54, 1.807) is 6.08 Å².